The minimum Gasteiger partial charge on any atom is -0.417 e. The number of hydrogen-bond donors (Lipinski definition) is 0. The molecule has 14 heteroatoms. The van der Waals surface area contributed by atoms with Crippen LogP contribution in [0.15, 0.2) is 20.3 Å². The summed E-state index contributed by atoms with van der Waals surface area (Å²) in [5.41, 5.74) is -0.764. The molecule has 11 nitrogen and oxygen atoms in total. The molecule has 1 aliphatic rings. The number of rotatable bonds is 3. The molecular formula is C17H18F3N7O4. The highest BCUT2D eigenvalue weighted by atomic mass is 19.4. The Hall–Kier alpha value is -3.45. The number of carbonyl (C=O) groups excluding carboxylic acids is 1. The zero-order chi connectivity index (χ0) is 22.5. The minimum atomic E-state index is -4.70. The zero-order valence-electron chi connectivity index (χ0n) is 16.6. The number of piperidine rings is 1. The molecule has 0 atom stereocenters. The van der Waals surface area contributed by atoms with Gasteiger partial charge in [-0.2, -0.15) is 13.2 Å². The molecule has 3 aromatic heterocycles. The maximum Gasteiger partial charge on any atom is 0.470 e. The predicted molar refractivity (Wildman–Crippen MR) is 98.1 cm³/mol. The van der Waals surface area contributed by atoms with Gasteiger partial charge in [0.15, 0.2) is 11.2 Å². The van der Waals surface area contributed by atoms with Crippen LogP contribution in [0.2, 0.25) is 0 Å². The first-order valence-corrected chi connectivity index (χ1v) is 9.37. The number of nitrogens with zero attached hydrogens (tertiary/aromatic N) is 7. The van der Waals surface area contributed by atoms with E-state index in [2.05, 4.69) is 15.2 Å². The summed E-state index contributed by atoms with van der Waals surface area (Å²) in [5.74, 6) is -2.13. The van der Waals surface area contributed by atoms with Crippen LogP contribution in [0.1, 0.15) is 30.5 Å². The van der Waals surface area contributed by atoms with E-state index in [1.165, 1.54) is 29.6 Å². The van der Waals surface area contributed by atoms with Gasteiger partial charge >= 0.3 is 17.8 Å². The molecule has 0 aliphatic carbocycles. The number of halogens is 3. The van der Waals surface area contributed by atoms with Crippen molar-refractivity contribution in [2.75, 3.05) is 13.1 Å². The second-order valence-electron chi connectivity index (χ2n) is 7.35. The average molecular weight is 441 g/mol. The molecule has 0 unspecified atom stereocenters. The van der Waals surface area contributed by atoms with E-state index in [0.29, 0.717) is 12.8 Å². The Bertz CT molecular complexity index is 1260. The summed E-state index contributed by atoms with van der Waals surface area (Å²) in [6, 6.07) is 0. The van der Waals surface area contributed by atoms with Crippen molar-refractivity contribution in [3.8, 4) is 0 Å². The Morgan fingerprint density at radius 3 is 2.45 bits per heavy atom. The van der Waals surface area contributed by atoms with Crippen molar-refractivity contribution in [3.63, 3.8) is 0 Å². The summed E-state index contributed by atoms with van der Waals surface area (Å²) in [5, 5.41) is 6.52. The van der Waals surface area contributed by atoms with Gasteiger partial charge < -0.3 is 13.9 Å². The molecule has 1 amide bonds. The third kappa shape index (κ3) is 3.61. The van der Waals surface area contributed by atoms with Gasteiger partial charge in [-0.3, -0.25) is 18.7 Å². The van der Waals surface area contributed by atoms with Crippen LogP contribution in [-0.2, 0) is 31.6 Å². The van der Waals surface area contributed by atoms with E-state index in [-0.39, 0.29) is 48.5 Å². The van der Waals surface area contributed by atoms with Crippen LogP contribution in [0.4, 0.5) is 13.2 Å². The number of amides is 1. The number of fused-ring (bicyclic) bond motifs is 1. The normalized spacial score (nSPS) is 15.7. The van der Waals surface area contributed by atoms with Gasteiger partial charge in [0, 0.05) is 33.1 Å². The fourth-order valence-electron chi connectivity index (χ4n) is 3.65. The van der Waals surface area contributed by atoms with E-state index < -0.39 is 23.3 Å². The van der Waals surface area contributed by atoms with Gasteiger partial charge in [-0.1, -0.05) is 0 Å². The first-order chi connectivity index (χ1) is 14.6. The maximum atomic E-state index is 12.7. The third-order valence-corrected chi connectivity index (χ3v) is 5.40. The van der Waals surface area contributed by atoms with Gasteiger partial charge in [0.1, 0.15) is 6.54 Å². The molecule has 166 valence electrons. The Balaban J connectivity index is 1.46. The van der Waals surface area contributed by atoms with Crippen LogP contribution in [-0.4, -0.2) is 52.8 Å². The SMILES string of the molecule is Cn1c(=O)c2c(ncn2CC(=O)N2CCC(c3nnc(C(F)(F)F)o3)CC2)n(C)c1=O. The van der Waals surface area contributed by atoms with E-state index in [0.717, 1.165) is 4.57 Å². The molecule has 0 N–H and O–H groups in total. The molecule has 31 heavy (non-hydrogen) atoms. The highest BCUT2D eigenvalue weighted by Crippen LogP contribution is 2.32. The van der Waals surface area contributed by atoms with E-state index in [4.69, 9.17) is 4.42 Å². The molecule has 4 heterocycles. The Kier molecular flexibility index (Phi) is 4.94. The summed E-state index contributed by atoms with van der Waals surface area (Å²) in [6.45, 7) is 0.417. The van der Waals surface area contributed by atoms with Crippen molar-refractivity contribution in [2.45, 2.75) is 31.5 Å². The molecule has 0 saturated carbocycles. The standard InChI is InChI=1S/C17H18F3N7O4/c1-24-12-11(14(29)25(2)16(24)30)27(8-21-12)7-10(28)26-5-3-9(4-6-26)13-22-23-15(31-13)17(18,19)20/h8-9H,3-7H2,1-2H3. The van der Waals surface area contributed by atoms with Gasteiger partial charge in [0.25, 0.3) is 5.56 Å². The quantitative estimate of drug-likeness (QED) is 0.571. The van der Waals surface area contributed by atoms with E-state index in [1.807, 2.05) is 0 Å². The van der Waals surface area contributed by atoms with Crippen molar-refractivity contribution in [2.24, 2.45) is 14.1 Å². The van der Waals surface area contributed by atoms with Gasteiger partial charge in [0.05, 0.1) is 6.33 Å². The molecule has 1 fully saturated rings. The fraction of sp³-hybridized carbons (Fsp3) is 0.529. The number of hydrogen-bond acceptors (Lipinski definition) is 7. The van der Waals surface area contributed by atoms with Crippen LogP contribution in [0.25, 0.3) is 11.2 Å². The van der Waals surface area contributed by atoms with Crippen LogP contribution in [0.5, 0.6) is 0 Å². The van der Waals surface area contributed by atoms with Crippen molar-refractivity contribution in [1.82, 2.24) is 33.8 Å². The number of carbonyl (C=O) groups is 1. The number of imidazole rings is 1. The number of aromatic nitrogens is 6. The first kappa shape index (κ1) is 20.8. The van der Waals surface area contributed by atoms with Crippen molar-refractivity contribution in [3.05, 3.63) is 38.9 Å². The summed E-state index contributed by atoms with van der Waals surface area (Å²) in [7, 11) is 2.82. The van der Waals surface area contributed by atoms with Gasteiger partial charge in [-0.05, 0) is 12.8 Å². The predicted octanol–water partition coefficient (Wildman–Crippen LogP) is 0.242. The molecule has 0 aromatic carbocycles. The second-order valence-corrected chi connectivity index (χ2v) is 7.35. The average Bonchev–Trinajstić information content (AvgIpc) is 3.38. The third-order valence-electron chi connectivity index (χ3n) is 5.40. The lowest BCUT2D eigenvalue weighted by Gasteiger charge is -2.30. The number of alkyl halides is 3. The summed E-state index contributed by atoms with van der Waals surface area (Å²) >= 11 is 0. The fourth-order valence-corrected chi connectivity index (χ4v) is 3.65. The molecule has 3 aromatic rings. The number of aryl methyl sites for hydroxylation is 1. The highest BCUT2D eigenvalue weighted by Gasteiger charge is 2.39. The van der Waals surface area contributed by atoms with Crippen molar-refractivity contribution in [1.29, 1.82) is 0 Å². The lowest BCUT2D eigenvalue weighted by molar-refractivity contribution is -0.157. The van der Waals surface area contributed by atoms with Gasteiger partial charge in [0.2, 0.25) is 11.8 Å². The van der Waals surface area contributed by atoms with E-state index in [9.17, 15) is 27.6 Å². The Labute approximate surface area is 171 Å². The first-order valence-electron chi connectivity index (χ1n) is 9.37. The summed E-state index contributed by atoms with van der Waals surface area (Å²) < 4.78 is 46.2. The minimum absolute atomic E-state index is 0.0931. The lowest BCUT2D eigenvalue weighted by Crippen LogP contribution is -2.41. The van der Waals surface area contributed by atoms with Crippen molar-refractivity contribution >= 4 is 17.1 Å². The van der Waals surface area contributed by atoms with Gasteiger partial charge in [-0.25, -0.2) is 9.78 Å². The molecule has 4 rings (SSSR count). The summed E-state index contributed by atoms with van der Waals surface area (Å²) in [6.07, 6.45) is -2.64. The van der Waals surface area contributed by atoms with Crippen molar-refractivity contribution < 1.29 is 22.4 Å². The Morgan fingerprint density at radius 2 is 1.84 bits per heavy atom. The topological polar surface area (TPSA) is 121 Å². The monoisotopic (exact) mass is 441 g/mol. The van der Waals surface area contributed by atoms with Crippen LogP contribution in [0.3, 0.4) is 0 Å². The van der Waals surface area contributed by atoms with E-state index >= 15 is 0 Å². The van der Waals surface area contributed by atoms with Gasteiger partial charge in [-0.15, -0.1) is 10.2 Å². The molecule has 0 spiro atoms. The Morgan fingerprint density at radius 1 is 1.16 bits per heavy atom. The molecule has 1 saturated heterocycles. The zero-order valence-corrected chi connectivity index (χ0v) is 16.6. The van der Waals surface area contributed by atoms with Crippen LogP contribution in [0, 0.1) is 0 Å². The maximum absolute atomic E-state index is 12.7. The molecule has 0 bridgehead atoms. The largest absolute Gasteiger partial charge is 0.470 e. The van der Waals surface area contributed by atoms with Crippen LogP contribution >= 0.6 is 0 Å². The molecule has 0 radical (unpaired) electrons. The highest BCUT2D eigenvalue weighted by molar-refractivity contribution is 5.79. The second kappa shape index (κ2) is 7.35. The smallest absolute Gasteiger partial charge is 0.417 e. The van der Waals surface area contributed by atoms with E-state index in [1.54, 1.807) is 4.90 Å². The molecule has 1 aliphatic heterocycles. The summed E-state index contributed by atoms with van der Waals surface area (Å²) in [4.78, 5) is 42.8. The number of likely N-dealkylation sites (tertiary alicyclic amines) is 1. The van der Waals surface area contributed by atoms with Crippen LogP contribution < -0.4 is 11.2 Å². The molecular weight excluding hydrogens is 423 g/mol. The lowest BCUT2D eigenvalue weighted by atomic mass is 9.97.